The number of rotatable bonds is 3. The van der Waals surface area contributed by atoms with Crippen molar-refractivity contribution in [3.05, 3.63) is 42.1 Å². The van der Waals surface area contributed by atoms with Gasteiger partial charge in [0.2, 0.25) is 12.4 Å². The predicted molar refractivity (Wildman–Crippen MR) is 89.0 cm³/mol. The molecule has 0 spiro atoms. The zero-order chi connectivity index (χ0) is 15.6. The summed E-state index contributed by atoms with van der Waals surface area (Å²) < 4.78 is 0. The number of para-hydroxylation sites is 1. The first kappa shape index (κ1) is 14.0. The van der Waals surface area contributed by atoms with Crippen LogP contribution in [0.25, 0.3) is 0 Å². The average molecular weight is 309 g/mol. The number of nitrogens with zero attached hydrogens (tertiary/aromatic N) is 5. The molecule has 0 bridgehead atoms. The minimum Gasteiger partial charge on any atom is -0.342 e. The SMILES string of the molecule is O=CN1CCN(c2nccc(N3CCc4ccccc43)n2)CC1. The minimum atomic E-state index is 0.726. The molecule has 1 saturated heterocycles. The molecule has 2 aliphatic heterocycles. The standard InChI is InChI=1S/C17H19N5O/c23-13-20-9-11-21(12-10-20)17-18-7-5-16(19-17)22-8-6-14-3-1-2-4-15(14)22/h1-5,7,13H,6,8-12H2. The first-order valence-electron chi connectivity index (χ1n) is 7.98. The van der Waals surface area contributed by atoms with Gasteiger partial charge in [-0.1, -0.05) is 18.2 Å². The average Bonchev–Trinajstić information content (AvgIpc) is 3.06. The Morgan fingerprint density at radius 2 is 1.83 bits per heavy atom. The molecule has 6 heteroatoms. The topological polar surface area (TPSA) is 52.6 Å². The molecule has 2 aromatic rings. The molecule has 0 aliphatic carbocycles. The van der Waals surface area contributed by atoms with Crippen LogP contribution in [0.2, 0.25) is 0 Å². The van der Waals surface area contributed by atoms with Crippen molar-refractivity contribution in [3.63, 3.8) is 0 Å². The molecule has 1 amide bonds. The number of aromatic nitrogens is 2. The number of amides is 1. The maximum Gasteiger partial charge on any atom is 0.227 e. The van der Waals surface area contributed by atoms with E-state index in [1.807, 2.05) is 12.3 Å². The lowest BCUT2D eigenvalue weighted by atomic mass is 10.2. The number of piperazine rings is 1. The van der Waals surface area contributed by atoms with Crippen molar-refractivity contribution in [2.75, 3.05) is 42.5 Å². The molecule has 0 N–H and O–H groups in total. The molecular formula is C17H19N5O. The van der Waals surface area contributed by atoms with E-state index in [0.29, 0.717) is 0 Å². The van der Waals surface area contributed by atoms with Gasteiger partial charge >= 0.3 is 0 Å². The monoisotopic (exact) mass is 309 g/mol. The van der Waals surface area contributed by atoms with Crippen LogP contribution in [0.4, 0.5) is 17.5 Å². The van der Waals surface area contributed by atoms with Gasteiger partial charge in [0.15, 0.2) is 0 Å². The van der Waals surface area contributed by atoms with E-state index in [1.165, 1.54) is 11.3 Å². The number of benzene rings is 1. The molecule has 1 aromatic carbocycles. The molecule has 0 saturated carbocycles. The molecule has 0 radical (unpaired) electrons. The molecule has 3 heterocycles. The molecule has 1 fully saturated rings. The summed E-state index contributed by atoms with van der Waals surface area (Å²) in [6.07, 6.45) is 3.79. The summed E-state index contributed by atoms with van der Waals surface area (Å²) in [5.41, 5.74) is 2.61. The second-order valence-electron chi connectivity index (χ2n) is 5.87. The summed E-state index contributed by atoms with van der Waals surface area (Å²) in [6, 6.07) is 10.4. The minimum absolute atomic E-state index is 0.726. The molecule has 4 rings (SSSR count). The predicted octanol–water partition coefficient (Wildman–Crippen LogP) is 1.45. The van der Waals surface area contributed by atoms with Gasteiger partial charge in [0.05, 0.1) is 0 Å². The molecule has 1 aromatic heterocycles. The quantitative estimate of drug-likeness (QED) is 0.803. The van der Waals surface area contributed by atoms with Crippen molar-refractivity contribution in [1.82, 2.24) is 14.9 Å². The zero-order valence-corrected chi connectivity index (χ0v) is 12.9. The second kappa shape index (κ2) is 5.87. The molecule has 0 unspecified atom stereocenters. The Bertz CT molecular complexity index is 712. The summed E-state index contributed by atoms with van der Waals surface area (Å²) in [6.45, 7) is 3.96. The van der Waals surface area contributed by atoms with Crippen molar-refractivity contribution in [1.29, 1.82) is 0 Å². The number of hydrogen-bond acceptors (Lipinski definition) is 5. The molecule has 0 atom stereocenters. The second-order valence-corrected chi connectivity index (χ2v) is 5.87. The lowest BCUT2D eigenvalue weighted by Crippen LogP contribution is -2.46. The summed E-state index contributed by atoms with van der Waals surface area (Å²) in [4.78, 5) is 26.2. The number of carbonyl (C=O) groups excluding carboxylic acids is 1. The Labute approximate surface area is 135 Å². The third-order valence-corrected chi connectivity index (χ3v) is 4.54. The van der Waals surface area contributed by atoms with Crippen LogP contribution in [0.3, 0.4) is 0 Å². The van der Waals surface area contributed by atoms with E-state index in [9.17, 15) is 4.79 Å². The molecular weight excluding hydrogens is 290 g/mol. The van der Waals surface area contributed by atoms with Crippen LogP contribution in [0, 0.1) is 0 Å². The van der Waals surface area contributed by atoms with Gasteiger partial charge in [-0.2, -0.15) is 4.98 Å². The maximum absolute atomic E-state index is 10.8. The fourth-order valence-electron chi connectivity index (χ4n) is 3.25. The van der Waals surface area contributed by atoms with Crippen molar-refractivity contribution in [2.24, 2.45) is 0 Å². The van der Waals surface area contributed by atoms with Gasteiger partial charge in [-0.25, -0.2) is 4.98 Å². The van der Waals surface area contributed by atoms with Crippen LogP contribution in [-0.4, -0.2) is 54.0 Å². The van der Waals surface area contributed by atoms with Crippen LogP contribution in [0.15, 0.2) is 36.5 Å². The number of fused-ring (bicyclic) bond motifs is 1. The first-order chi connectivity index (χ1) is 11.3. The highest BCUT2D eigenvalue weighted by molar-refractivity contribution is 5.67. The van der Waals surface area contributed by atoms with Crippen LogP contribution in [-0.2, 0) is 11.2 Å². The molecule has 118 valence electrons. The van der Waals surface area contributed by atoms with Crippen LogP contribution in [0.1, 0.15) is 5.56 Å². The van der Waals surface area contributed by atoms with Gasteiger partial charge in [-0.3, -0.25) is 4.79 Å². The Hall–Kier alpha value is -2.63. The fourth-order valence-corrected chi connectivity index (χ4v) is 3.25. The lowest BCUT2D eigenvalue weighted by molar-refractivity contribution is -0.118. The zero-order valence-electron chi connectivity index (χ0n) is 12.9. The Morgan fingerprint density at radius 1 is 1.00 bits per heavy atom. The van der Waals surface area contributed by atoms with E-state index in [2.05, 4.69) is 39.0 Å². The van der Waals surface area contributed by atoms with Gasteiger partial charge in [0, 0.05) is 44.6 Å². The normalized spacial score (nSPS) is 17.3. The highest BCUT2D eigenvalue weighted by Gasteiger charge is 2.23. The highest BCUT2D eigenvalue weighted by Crippen LogP contribution is 2.33. The summed E-state index contributed by atoms with van der Waals surface area (Å²) in [5.74, 6) is 1.69. The van der Waals surface area contributed by atoms with E-state index in [0.717, 1.165) is 57.3 Å². The molecule has 6 nitrogen and oxygen atoms in total. The summed E-state index contributed by atoms with van der Waals surface area (Å²) >= 11 is 0. The molecule has 2 aliphatic rings. The fraction of sp³-hybridized carbons (Fsp3) is 0.353. The van der Waals surface area contributed by atoms with Gasteiger partial charge in [0.1, 0.15) is 5.82 Å². The van der Waals surface area contributed by atoms with Gasteiger partial charge in [0.25, 0.3) is 0 Å². The van der Waals surface area contributed by atoms with Crippen LogP contribution >= 0.6 is 0 Å². The Kier molecular flexibility index (Phi) is 3.57. The van der Waals surface area contributed by atoms with E-state index >= 15 is 0 Å². The van der Waals surface area contributed by atoms with Gasteiger partial charge in [-0.05, 0) is 24.1 Å². The third kappa shape index (κ3) is 2.60. The van der Waals surface area contributed by atoms with Crippen molar-refractivity contribution in [3.8, 4) is 0 Å². The lowest BCUT2D eigenvalue weighted by Gasteiger charge is -2.32. The highest BCUT2D eigenvalue weighted by atomic mass is 16.1. The smallest absolute Gasteiger partial charge is 0.227 e. The van der Waals surface area contributed by atoms with E-state index in [1.54, 1.807) is 4.90 Å². The maximum atomic E-state index is 10.8. The Balaban J connectivity index is 1.57. The van der Waals surface area contributed by atoms with Crippen molar-refractivity contribution < 1.29 is 4.79 Å². The Morgan fingerprint density at radius 3 is 2.65 bits per heavy atom. The number of carbonyl (C=O) groups is 1. The number of hydrogen-bond donors (Lipinski definition) is 0. The van der Waals surface area contributed by atoms with Crippen LogP contribution in [0.5, 0.6) is 0 Å². The van der Waals surface area contributed by atoms with Crippen LogP contribution < -0.4 is 9.80 Å². The summed E-state index contributed by atoms with van der Waals surface area (Å²) in [7, 11) is 0. The van der Waals surface area contributed by atoms with E-state index < -0.39 is 0 Å². The number of anilines is 3. The van der Waals surface area contributed by atoms with Gasteiger partial charge in [-0.15, -0.1) is 0 Å². The van der Waals surface area contributed by atoms with Crippen molar-refractivity contribution >= 4 is 23.9 Å². The van der Waals surface area contributed by atoms with Gasteiger partial charge < -0.3 is 14.7 Å². The summed E-state index contributed by atoms with van der Waals surface area (Å²) in [5, 5.41) is 0. The van der Waals surface area contributed by atoms with Crippen molar-refractivity contribution in [2.45, 2.75) is 6.42 Å². The first-order valence-corrected chi connectivity index (χ1v) is 7.98. The van der Waals surface area contributed by atoms with E-state index in [-0.39, 0.29) is 0 Å². The largest absolute Gasteiger partial charge is 0.342 e. The third-order valence-electron chi connectivity index (χ3n) is 4.54. The molecule has 23 heavy (non-hydrogen) atoms. The van der Waals surface area contributed by atoms with E-state index in [4.69, 9.17) is 4.98 Å².